The lowest BCUT2D eigenvalue weighted by Crippen LogP contribution is -2.43. The molecule has 0 bridgehead atoms. The number of rotatable bonds is 6. The van der Waals surface area contributed by atoms with Crippen LogP contribution in [0.5, 0.6) is 0 Å². The first-order valence-electron chi connectivity index (χ1n) is 9.57. The molecular formula is C19H21ClN4O8S. The molecular weight excluding hydrogens is 480 g/mol. The monoisotopic (exact) mass is 500 g/mol. The van der Waals surface area contributed by atoms with Crippen LogP contribution in [-0.4, -0.2) is 64.0 Å². The fourth-order valence-corrected chi connectivity index (χ4v) is 5.19. The van der Waals surface area contributed by atoms with Gasteiger partial charge in [0.15, 0.2) is 6.61 Å². The molecule has 1 fully saturated rings. The maximum atomic E-state index is 13.0. The van der Waals surface area contributed by atoms with E-state index in [-0.39, 0.29) is 17.9 Å². The zero-order valence-electron chi connectivity index (χ0n) is 17.6. The van der Waals surface area contributed by atoms with Gasteiger partial charge in [0, 0.05) is 32.1 Å². The van der Waals surface area contributed by atoms with E-state index in [1.807, 2.05) is 0 Å². The van der Waals surface area contributed by atoms with Crippen molar-refractivity contribution in [3.05, 3.63) is 55.7 Å². The summed E-state index contributed by atoms with van der Waals surface area (Å²) in [5.74, 6) is -2.45. The van der Waals surface area contributed by atoms with Gasteiger partial charge in [-0.2, -0.15) is 4.31 Å². The van der Waals surface area contributed by atoms with Crippen molar-refractivity contribution in [2.24, 2.45) is 14.1 Å². The predicted octanol–water partition coefficient (Wildman–Crippen LogP) is -1.13. The molecule has 33 heavy (non-hydrogen) atoms. The number of aliphatic hydroxyl groups excluding tert-OH is 1. The molecule has 14 heteroatoms. The van der Waals surface area contributed by atoms with Crippen LogP contribution in [0.3, 0.4) is 0 Å². The predicted molar refractivity (Wildman–Crippen MR) is 116 cm³/mol. The van der Waals surface area contributed by atoms with Crippen molar-refractivity contribution in [2.75, 3.05) is 18.9 Å². The number of carbonyl (C=O) groups is 2. The van der Waals surface area contributed by atoms with Gasteiger partial charge in [-0.3, -0.25) is 23.5 Å². The van der Waals surface area contributed by atoms with Crippen molar-refractivity contribution < 1.29 is 27.9 Å². The molecule has 0 amide bonds. The summed E-state index contributed by atoms with van der Waals surface area (Å²) in [6.45, 7) is -1.27. The summed E-state index contributed by atoms with van der Waals surface area (Å²) in [5.41, 5.74) is 3.48. The summed E-state index contributed by atoms with van der Waals surface area (Å²) in [6.07, 6.45) is -1.38. The number of Topliss-reactive ketones (excluding diaryl/α,β-unsaturated/α-hetero) is 1. The van der Waals surface area contributed by atoms with Gasteiger partial charge in [-0.05, 0) is 24.3 Å². The van der Waals surface area contributed by atoms with Crippen molar-refractivity contribution in [3.8, 4) is 0 Å². The molecule has 178 valence electrons. The van der Waals surface area contributed by atoms with Gasteiger partial charge in [-0.25, -0.2) is 13.2 Å². The number of anilines is 1. The lowest BCUT2D eigenvalue weighted by molar-refractivity contribution is -0.146. The number of aromatic nitrogens is 2. The number of aliphatic hydroxyl groups is 1. The van der Waals surface area contributed by atoms with Crippen LogP contribution in [0.15, 0.2) is 38.8 Å². The van der Waals surface area contributed by atoms with E-state index in [4.69, 9.17) is 22.1 Å². The molecule has 1 saturated heterocycles. The van der Waals surface area contributed by atoms with Crippen molar-refractivity contribution >= 4 is 39.2 Å². The Kier molecular flexibility index (Phi) is 6.79. The number of ether oxygens (including phenoxy) is 1. The Morgan fingerprint density at radius 3 is 2.39 bits per heavy atom. The van der Waals surface area contributed by atoms with Crippen LogP contribution >= 0.6 is 11.6 Å². The SMILES string of the molecule is Cn1c(N)c(C(=O)COC(=O)[C@H]2C[C@@H](O)CN2S(=O)(=O)c2ccc(Cl)cc2)c(=O)n(C)c1=O. The average Bonchev–Trinajstić information content (AvgIpc) is 3.18. The quantitative estimate of drug-likeness (QED) is 0.367. The number of β-amino-alcohol motifs (C(OH)–C–C–N with tert-alkyl or cyclic N) is 1. The number of hydrogen-bond acceptors (Lipinski definition) is 9. The molecule has 0 unspecified atom stereocenters. The first kappa shape index (κ1) is 24.6. The summed E-state index contributed by atoms with van der Waals surface area (Å²) in [4.78, 5) is 49.2. The Morgan fingerprint density at radius 1 is 1.18 bits per heavy atom. The zero-order valence-corrected chi connectivity index (χ0v) is 19.2. The van der Waals surface area contributed by atoms with Gasteiger partial charge in [0.2, 0.25) is 15.8 Å². The number of hydrogen-bond donors (Lipinski definition) is 2. The van der Waals surface area contributed by atoms with E-state index in [0.717, 1.165) is 15.9 Å². The highest BCUT2D eigenvalue weighted by Crippen LogP contribution is 2.28. The Labute approximate surface area is 192 Å². The van der Waals surface area contributed by atoms with Gasteiger partial charge < -0.3 is 15.6 Å². The highest BCUT2D eigenvalue weighted by Gasteiger charge is 2.44. The maximum absolute atomic E-state index is 13.0. The van der Waals surface area contributed by atoms with Crippen molar-refractivity contribution in [3.63, 3.8) is 0 Å². The van der Waals surface area contributed by atoms with E-state index >= 15 is 0 Å². The van der Waals surface area contributed by atoms with Gasteiger partial charge in [0.25, 0.3) is 5.56 Å². The first-order valence-corrected chi connectivity index (χ1v) is 11.4. The van der Waals surface area contributed by atoms with E-state index in [1.54, 1.807) is 0 Å². The van der Waals surface area contributed by atoms with Gasteiger partial charge in [0.05, 0.1) is 11.0 Å². The molecule has 12 nitrogen and oxygen atoms in total. The van der Waals surface area contributed by atoms with E-state index in [2.05, 4.69) is 0 Å². The molecule has 1 aliphatic rings. The van der Waals surface area contributed by atoms with Gasteiger partial charge in [-0.1, -0.05) is 11.6 Å². The summed E-state index contributed by atoms with van der Waals surface area (Å²) in [7, 11) is -1.76. The van der Waals surface area contributed by atoms with Gasteiger partial charge in [0.1, 0.15) is 17.4 Å². The second-order valence-electron chi connectivity index (χ2n) is 7.43. The van der Waals surface area contributed by atoms with Crippen LogP contribution in [0.1, 0.15) is 16.8 Å². The number of benzene rings is 1. The molecule has 0 spiro atoms. The molecule has 2 heterocycles. The number of halogens is 1. The maximum Gasteiger partial charge on any atom is 0.332 e. The first-order chi connectivity index (χ1) is 15.4. The summed E-state index contributed by atoms with van der Waals surface area (Å²) >= 11 is 5.79. The molecule has 1 aromatic heterocycles. The third-order valence-corrected chi connectivity index (χ3v) is 7.40. The second kappa shape index (κ2) is 9.09. The van der Waals surface area contributed by atoms with Crippen LogP contribution in [0.25, 0.3) is 0 Å². The van der Waals surface area contributed by atoms with E-state index in [0.29, 0.717) is 9.59 Å². The number of esters is 1. The van der Waals surface area contributed by atoms with E-state index in [9.17, 15) is 32.7 Å². The number of nitrogens with zero attached hydrogens (tertiary/aromatic N) is 3. The molecule has 1 aromatic carbocycles. The molecule has 3 rings (SSSR count). The third kappa shape index (κ3) is 4.57. The molecule has 0 aliphatic carbocycles. The number of sulfonamides is 1. The number of ketones is 1. The minimum atomic E-state index is -4.19. The Balaban J connectivity index is 1.81. The average molecular weight is 501 g/mol. The zero-order chi connectivity index (χ0) is 24.7. The highest BCUT2D eigenvalue weighted by molar-refractivity contribution is 7.89. The third-order valence-electron chi connectivity index (χ3n) is 5.26. The van der Waals surface area contributed by atoms with E-state index in [1.165, 1.54) is 31.3 Å². The Morgan fingerprint density at radius 2 is 1.79 bits per heavy atom. The normalized spacial score (nSPS) is 18.9. The van der Waals surface area contributed by atoms with E-state index < -0.39 is 63.2 Å². The molecule has 2 aromatic rings. The number of nitrogens with two attached hydrogens (primary N) is 1. The van der Waals surface area contributed by atoms with Crippen molar-refractivity contribution in [1.82, 2.24) is 13.4 Å². The van der Waals surface area contributed by atoms with Crippen LogP contribution in [0, 0.1) is 0 Å². The second-order valence-corrected chi connectivity index (χ2v) is 9.76. The largest absolute Gasteiger partial charge is 0.456 e. The molecule has 0 saturated carbocycles. The molecule has 3 N–H and O–H groups in total. The number of nitrogen functional groups attached to an aromatic ring is 1. The number of carbonyl (C=O) groups excluding carboxylic acids is 2. The van der Waals surface area contributed by atoms with Gasteiger partial charge in [-0.15, -0.1) is 0 Å². The minimum Gasteiger partial charge on any atom is -0.456 e. The van der Waals surface area contributed by atoms with Crippen LogP contribution in [0.4, 0.5) is 5.82 Å². The van der Waals surface area contributed by atoms with Crippen molar-refractivity contribution in [1.29, 1.82) is 0 Å². The topological polar surface area (TPSA) is 171 Å². The molecule has 1 aliphatic heterocycles. The smallest absolute Gasteiger partial charge is 0.332 e. The summed E-state index contributed by atoms with van der Waals surface area (Å²) < 4.78 is 33.3. The van der Waals surface area contributed by atoms with Crippen molar-refractivity contribution in [2.45, 2.75) is 23.5 Å². The lowest BCUT2D eigenvalue weighted by atomic mass is 10.2. The van der Waals surface area contributed by atoms with Crippen LogP contribution < -0.4 is 17.0 Å². The summed E-state index contributed by atoms with van der Waals surface area (Å²) in [6, 6.07) is 3.85. The van der Waals surface area contributed by atoms with Crippen LogP contribution in [-0.2, 0) is 33.7 Å². The standard InChI is InChI=1S/C19H21ClN4O8S/c1-22-16(21)15(17(27)23(2)19(22)29)14(26)9-32-18(28)13-7-11(25)8-24(13)33(30,31)12-5-3-10(20)4-6-12/h3-6,11,13,25H,7-9,21H2,1-2H3/t11-,13-/m1/s1. The Bertz CT molecular complexity index is 1330. The molecule has 0 radical (unpaired) electrons. The Hall–Kier alpha value is -3.00. The minimum absolute atomic E-state index is 0.142. The summed E-state index contributed by atoms with van der Waals surface area (Å²) in [5, 5.41) is 10.3. The highest BCUT2D eigenvalue weighted by atomic mass is 35.5. The fourth-order valence-electron chi connectivity index (χ4n) is 3.43. The fraction of sp³-hybridized carbons (Fsp3) is 0.368. The van der Waals surface area contributed by atoms with Crippen LogP contribution in [0.2, 0.25) is 5.02 Å². The molecule has 2 atom stereocenters. The lowest BCUT2D eigenvalue weighted by Gasteiger charge is -2.22. The van der Waals surface area contributed by atoms with Gasteiger partial charge >= 0.3 is 11.7 Å².